The summed E-state index contributed by atoms with van der Waals surface area (Å²) in [5.74, 6) is -0.708. The number of urea groups is 1. The van der Waals surface area contributed by atoms with E-state index in [0.717, 1.165) is 6.07 Å². The molecule has 2 amide bonds. The molecule has 1 saturated carbocycles. The zero-order chi connectivity index (χ0) is 24.2. The smallest absolute Gasteiger partial charge is 0.323 e. The molecule has 7 nitrogen and oxygen atoms in total. The molecule has 1 aromatic carbocycles. The number of aryl methyl sites for hydroxylation is 1. The highest BCUT2D eigenvalue weighted by atomic mass is 19.1. The number of benzene rings is 1. The first-order valence-electron chi connectivity index (χ1n) is 11.2. The Balaban J connectivity index is 1.57. The summed E-state index contributed by atoms with van der Waals surface area (Å²) >= 11 is 0. The average Bonchev–Trinajstić information content (AvgIpc) is 3.02. The van der Waals surface area contributed by atoms with Crippen LogP contribution in [-0.4, -0.2) is 52.2 Å². The van der Waals surface area contributed by atoms with Gasteiger partial charge in [-0.2, -0.15) is 0 Å². The van der Waals surface area contributed by atoms with E-state index in [1.165, 1.54) is 18.3 Å². The summed E-state index contributed by atoms with van der Waals surface area (Å²) < 4.78 is 28.0. The number of anilines is 1. The zero-order valence-corrected chi connectivity index (χ0v) is 19.7. The molecule has 0 radical (unpaired) electrons. The fraction of sp³-hybridized carbons (Fsp3) is 0.542. The number of nitrogens with one attached hydrogen (secondary N) is 1. The third-order valence-electron chi connectivity index (χ3n) is 7.17. The Labute approximate surface area is 192 Å². The highest BCUT2D eigenvalue weighted by molar-refractivity contribution is 5.94. The maximum absolute atomic E-state index is 14.0. The van der Waals surface area contributed by atoms with Gasteiger partial charge in [-0.05, 0) is 78.2 Å². The third-order valence-corrected chi connectivity index (χ3v) is 7.17. The van der Waals surface area contributed by atoms with Crippen molar-refractivity contribution < 1.29 is 18.7 Å². The van der Waals surface area contributed by atoms with Crippen LogP contribution in [0.2, 0.25) is 0 Å². The molecule has 4 rings (SSSR count). The second kappa shape index (κ2) is 7.99. The van der Waals surface area contributed by atoms with Gasteiger partial charge in [0, 0.05) is 11.6 Å². The lowest BCUT2D eigenvalue weighted by Crippen LogP contribution is -2.54. The first-order chi connectivity index (χ1) is 15.4. The minimum Gasteiger partial charge on any atom is -0.384 e. The van der Waals surface area contributed by atoms with Crippen LogP contribution in [0.15, 0.2) is 24.4 Å². The maximum Gasteiger partial charge on any atom is 0.323 e. The van der Waals surface area contributed by atoms with Gasteiger partial charge in [0.1, 0.15) is 17.2 Å². The minimum atomic E-state index is -1.12. The lowest BCUT2D eigenvalue weighted by atomic mass is 9.69. The summed E-state index contributed by atoms with van der Waals surface area (Å²) in [5.41, 5.74) is -0.476. The van der Waals surface area contributed by atoms with Crippen LogP contribution < -0.4 is 10.2 Å². The van der Waals surface area contributed by atoms with Crippen molar-refractivity contribution in [3.8, 4) is 0 Å². The van der Waals surface area contributed by atoms with Crippen molar-refractivity contribution in [2.45, 2.75) is 63.1 Å². The molecule has 1 aromatic heterocycles. The van der Waals surface area contributed by atoms with E-state index in [-0.39, 0.29) is 6.03 Å². The van der Waals surface area contributed by atoms with Crippen LogP contribution in [0.25, 0.3) is 0 Å². The highest BCUT2D eigenvalue weighted by Crippen LogP contribution is 2.46. The van der Waals surface area contributed by atoms with E-state index in [0.29, 0.717) is 55.0 Å². The Morgan fingerprint density at radius 2 is 1.73 bits per heavy atom. The van der Waals surface area contributed by atoms with Crippen molar-refractivity contribution in [3.05, 3.63) is 53.0 Å². The summed E-state index contributed by atoms with van der Waals surface area (Å²) in [4.78, 5) is 25.4. The van der Waals surface area contributed by atoms with Gasteiger partial charge in [-0.25, -0.2) is 23.5 Å². The van der Waals surface area contributed by atoms with Crippen LogP contribution in [-0.2, 0) is 11.1 Å². The first-order valence-corrected chi connectivity index (χ1v) is 11.2. The first kappa shape index (κ1) is 23.5. The van der Waals surface area contributed by atoms with Gasteiger partial charge in [-0.15, -0.1) is 0 Å². The second-order valence-electron chi connectivity index (χ2n) is 10.1. The molecule has 178 valence electrons. The van der Waals surface area contributed by atoms with Gasteiger partial charge >= 0.3 is 6.03 Å². The maximum atomic E-state index is 14.0. The molecule has 9 heteroatoms. The van der Waals surface area contributed by atoms with E-state index in [1.54, 1.807) is 25.7 Å². The average molecular weight is 460 g/mol. The predicted octanol–water partition coefficient (Wildman–Crippen LogP) is 3.59. The van der Waals surface area contributed by atoms with Crippen molar-refractivity contribution in [1.82, 2.24) is 20.2 Å². The molecule has 1 aliphatic heterocycles. The van der Waals surface area contributed by atoms with Gasteiger partial charge in [-0.1, -0.05) is 0 Å². The van der Waals surface area contributed by atoms with Gasteiger partial charge in [-0.3, -0.25) is 9.80 Å². The fourth-order valence-corrected chi connectivity index (χ4v) is 5.16. The number of carbonyl (C=O) groups excluding carboxylic acids is 1. The van der Waals surface area contributed by atoms with Crippen molar-refractivity contribution in [1.29, 1.82) is 0 Å². The summed E-state index contributed by atoms with van der Waals surface area (Å²) in [6, 6.07) is 3.46. The molecule has 33 heavy (non-hydrogen) atoms. The molecule has 2 fully saturated rings. The van der Waals surface area contributed by atoms with Crippen molar-refractivity contribution in [2.24, 2.45) is 0 Å². The number of carbonyl (C=O) groups is 1. The molecule has 1 saturated heterocycles. The molecular weight excluding hydrogens is 428 g/mol. The van der Waals surface area contributed by atoms with Gasteiger partial charge in [0.25, 0.3) is 0 Å². The number of rotatable bonds is 4. The molecule has 0 bridgehead atoms. The van der Waals surface area contributed by atoms with Crippen LogP contribution in [0.5, 0.6) is 0 Å². The minimum absolute atomic E-state index is 0.238. The van der Waals surface area contributed by atoms with Crippen LogP contribution in [0.1, 0.15) is 56.5 Å². The Hall–Kier alpha value is -2.65. The molecular formula is C24H31F2N5O2. The Morgan fingerprint density at radius 3 is 2.24 bits per heavy atom. The van der Waals surface area contributed by atoms with Gasteiger partial charge < -0.3 is 10.4 Å². The molecule has 2 aromatic rings. The van der Waals surface area contributed by atoms with Crippen molar-refractivity contribution >= 4 is 11.8 Å². The number of aromatic nitrogens is 2. The normalized spacial score (nSPS) is 25.7. The van der Waals surface area contributed by atoms with Crippen molar-refractivity contribution in [3.63, 3.8) is 0 Å². The molecule has 2 aliphatic rings. The van der Waals surface area contributed by atoms with Crippen LogP contribution in [0.3, 0.4) is 0 Å². The van der Waals surface area contributed by atoms with Gasteiger partial charge in [0.2, 0.25) is 0 Å². The van der Waals surface area contributed by atoms with E-state index in [1.807, 2.05) is 19.0 Å². The predicted molar refractivity (Wildman–Crippen MR) is 121 cm³/mol. The van der Waals surface area contributed by atoms with E-state index in [9.17, 15) is 18.7 Å². The fourth-order valence-electron chi connectivity index (χ4n) is 5.16. The highest BCUT2D eigenvalue weighted by Gasteiger charge is 2.51. The quantitative estimate of drug-likeness (QED) is 0.730. The molecule has 1 spiro atoms. The standard InChI is InChI=1S/C24H31F2N5O2/c1-15-20(27-13-19(28-15)22(2,3)33)31-14-23(29-21(31)32)6-8-24(9-7-23,30(4)5)16-10-17(25)12-18(26)11-16/h10-13,33H,6-9,14H2,1-5H3,(H,29,32). The summed E-state index contributed by atoms with van der Waals surface area (Å²) in [6.07, 6.45) is 4.08. The number of hydrogen-bond donors (Lipinski definition) is 2. The van der Waals surface area contributed by atoms with Crippen LogP contribution in [0, 0.1) is 18.6 Å². The number of aliphatic hydroxyl groups is 1. The lowest BCUT2D eigenvalue weighted by molar-refractivity contribution is 0.0652. The molecule has 0 unspecified atom stereocenters. The Morgan fingerprint density at radius 1 is 1.12 bits per heavy atom. The van der Waals surface area contributed by atoms with Crippen LogP contribution >= 0.6 is 0 Å². The summed E-state index contributed by atoms with van der Waals surface area (Å²) in [7, 11) is 3.84. The van der Waals surface area contributed by atoms with Gasteiger partial charge in [0.05, 0.1) is 29.7 Å². The molecule has 0 atom stereocenters. The van der Waals surface area contributed by atoms with E-state index in [4.69, 9.17) is 0 Å². The zero-order valence-electron chi connectivity index (χ0n) is 19.7. The molecule has 2 N–H and O–H groups in total. The number of halogens is 2. The largest absolute Gasteiger partial charge is 0.384 e. The van der Waals surface area contributed by atoms with Crippen LogP contribution in [0.4, 0.5) is 19.4 Å². The number of hydrogen-bond acceptors (Lipinski definition) is 5. The SMILES string of the molecule is Cc1nc(C(C)(C)O)cnc1N1CC2(CCC(c3cc(F)cc(F)c3)(N(C)C)CC2)NC1=O. The number of amides is 2. The Bertz CT molecular complexity index is 1050. The van der Waals surface area contributed by atoms with E-state index >= 15 is 0 Å². The molecule has 2 heterocycles. The number of nitrogens with zero attached hydrogens (tertiary/aromatic N) is 4. The Kier molecular flexibility index (Phi) is 5.69. The summed E-state index contributed by atoms with van der Waals surface area (Å²) in [6.45, 7) is 5.48. The van der Waals surface area contributed by atoms with E-state index < -0.39 is 28.3 Å². The van der Waals surface area contributed by atoms with Crippen molar-refractivity contribution in [2.75, 3.05) is 25.5 Å². The monoisotopic (exact) mass is 459 g/mol. The topological polar surface area (TPSA) is 81.6 Å². The third kappa shape index (κ3) is 4.19. The molecule has 1 aliphatic carbocycles. The van der Waals surface area contributed by atoms with Gasteiger partial charge in [0.15, 0.2) is 5.82 Å². The van der Waals surface area contributed by atoms with E-state index in [2.05, 4.69) is 15.3 Å². The second-order valence-corrected chi connectivity index (χ2v) is 10.1. The summed E-state index contributed by atoms with van der Waals surface area (Å²) in [5, 5.41) is 13.3. The lowest BCUT2D eigenvalue weighted by Gasteiger charge is -2.48.